The molecule has 4 aromatic heterocycles. The van der Waals surface area contributed by atoms with E-state index < -0.39 is 23.9 Å². The summed E-state index contributed by atoms with van der Waals surface area (Å²) in [7, 11) is 0. The second kappa shape index (κ2) is 12.8. The van der Waals surface area contributed by atoms with Crippen LogP contribution in [0.25, 0.3) is 22.0 Å². The third kappa shape index (κ3) is 6.47. The molecule has 1 N–H and O–H groups in total. The van der Waals surface area contributed by atoms with Crippen LogP contribution in [0.5, 0.6) is 0 Å². The van der Waals surface area contributed by atoms with E-state index >= 15 is 0 Å². The molecule has 0 spiro atoms. The highest BCUT2D eigenvalue weighted by molar-refractivity contribution is 9.10. The second-order valence-corrected chi connectivity index (χ2v) is 15.0. The van der Waals surface area contributed by atoms with Crippen molar-refractivity contribution in [2.75, 3.05) is 11.9 Å². The number of fused-ring (bicyclic) bond motifs is 3. The lowest BCUT2D eigenvalue weighted by molar-refractivity contribution is -0.148. The fraction of sp³-hybridized carbons (Fsp3) is 0.400. The SMILES string of the molecule is CC(=O)c1nn(CC(=O)N2[C@H](C(=O)Nc3nc(Br)ccc3CN3CCn4c(nnc4C(F)(F)F)C3)C[C@@]3(C)C[C@@H]23)c2ccc(-c3cnc(C)nc3)cc12. The number of aryl methyl sites for hydroxylation is 1. The summed E-state index contributed by atoms with van der Waals surface area (Å²) in [6.45, 7) is 5.88. The molecule has 2 fully saturated rings. The molecule has 6 heterocycles. The van der Waals surface area contributed by atoms with Gasteiger partial charge in [-0.15, -0.1) is 10.2 Å². The molecule has 1 saturated carbocycles. The molecular formula is C35H33BrF3N11O3. The Balaban J connectivity index is 1.01. The molecule has 274 valence electrons. The minimum Gasteiger partial charge on any atom is -0.325 e. The number of rotatable bonds is 8. The fourth-order valence-electron chi connectivity index (χ4n) is 7.54. The molecule has 0 radical (unpaired) electrons. The van der Waals surface area contributed by atoms with Crippen LogP contribution in [-0.2, 0) is 41.9 Å². The van der Waals surface area contributed by atoms with Crippen molar-refractivity contribution in [1.82, 2.24) is 49.3 Å². The highest BCUT2D eigenvalue weighted by Crippen LogP contribution is 2.59. The zero-order valence-electron chi connectivity index (χ0n) is 28.9. The van der Waals surface area contributed by atoms with Gasteiger partial charge < -0.3 is 14.8 Å². The number of hydrogen-bond donors (Lipinski definition) is 1. The maximum Gasteiger partial charge on any atom is 0.451 e. The number of nitrogens with one attached hydrogen (secondary N) is 1. The van der Waals surface area contributed by atoms with Crippen LogP contribution >= 0.6 is 15.9 Å². The molecule has 8 rings (SSSR count). The van der Waals surface area contributed by atoms with Gasteiger partial charge in [0.05, 0.1) is 12.1 Å². The third-order valence-corrected chi connectivity index (χ3v) is 10.8. The van der Waals surface area contributed by atoms with Crippen LogP contribution in [0.4, 0.5) is 19.0 Å². The first-order valence-corrected chi connectivity index (χ1v) is 17.8. The van der Waals surface area contributed by atoms with Crippen LogP contribution < -0.4 is 5.32 Å². The standard InChI is InChI=1S/C35H33BrF3N11O3/c1-18(51)30-23-10-20(22-13-40-19(2)41-14-22)4-6-24(23)49(46-30)17-29(52)50-25(11-34(3)12-26(34)50)32(53)43-31-21(5-7-27(36)42-31)15-47-8-9-48-28(16-47)44-45-33(48)35(37,38)39/h4-7,10,13-14,25-26H,8-9,11-12,15-17H2,1-3H3,(H,42,43,53)/t25-,26+,34-/m0/s1. The molecule has 3 aliphatic rings. The molecule has 53 heavy (non-hydrogen) atoms. The van der Waals surface area contributed by atoms with Crippen LogP contribution in [0.3, 0.4) is 0 Å². The van der Waals surface area contributed by atoms with E-state index in [4.69, 9.17) is 0 Å². The highest BCUT2D eigenvalue weighted by atomic mass is 79.9. The first-order chi connectivity index (χ1) is 25.2. The Morgan fingerprint density at radius 2 is 1.81 bits per heavy atom. The number of amides is 2. The van der Waals surface area contributed by atoms with Gasteiger partial charge in [-0.3, -0.25) is 24.0 Å². The number of nitrogens with zero attached hydrogens (tertiary/aromatic N) is 10. The monoisotopic (exact) mass is 791 g/mol. The van der Waals surface area contributed by atoms with Crippen LogP contribution in [0.2, 0.25) is 0 Å². The Hall–Kier alpha value is -5.10. The van der Waals surface area contributed by atoms with Crippen LogP contribution in [0.1, 0.15) is 60.2 Å². The molecule has 0 unspecified atom stereocenters. The largest absolute Gasteiger partial charge is 0.451 e. The number of carbonyl (C=O) groups excluding carboxylic acids is 3. The number of ketones is 1. The Kier molecular flexibility index (Phi) is 8.43. The van der Waals surface area contributed by atoms with E-state index in [-0.39, 0.29) is 66.7 Å². The van der Waals surface area contributed by atoms with Gasteiger partial charge in [-0.2, -0.15) is 18.3 Å². The topological polar surface area (TPSA) is 157 Å². The summed E-state index contributed by atoms with van der Waals surface area (Å²) in [4.78, 5) is 57.4. The van der Waals surface area contributed by atoms with E-state index in [1.165, 1.54) is 11.6 Å². The minimum absolute atomic E-state index is 0.0598. The van der Waals surface area contributed by atoms with Crippen molar-refractivity contribution in [3.05, 3.63) is 76.1 Å². The van der Waals surface area contributed by atoms with Crippen molar-refractivity contribution in [3.8, 4) is 11.1 Å². The van der Waals surface area contributed by atoms with Gasteiger partial charge in [0.2, 0.25) is 17.6 Å². The number of likely N-dealkylation sites (tertiary alicyclic amines) is 1. The highest BCUT2D eigenvalue weighted by Gasteiger charge is 2.64. The Morgan fingerprint density at radius 3 is 2.55 bits per heavy atom. The van der Waals surface area contributed by atoms with E-state index in [1.807, 2.05) is 23.1 Å². The number of pyridine rings is 1. The number of halogens is 4. The van der Waals surface area contributed by atoms with Crippen LogP contribution in [0, 0.1) is 12.3 Å². The summed E-state index contributed by atoms with van der Waals surface area (Å²) in [6, 6.07) is 8.12. The zero-order valence-corrected chi connectivity index (χ0v) is 30.4. The average Bonchev–Trinajstić information content (AvgIpc) is 3.40. The predicted octanol–water partition coefficient (Wildman–Crippen LogP) is 4.81. The zero-order chi connectivity index (χ0) is 37.4. The van der Waals surface area contributed by atoms with Crippen LogP contribution in [0.15, 0.2) is 47.3 Å². The van der Waals surface area contributed by atoms with Gasteiger partial charge in [-0.1, -0.05) is 19.1 Å². The van der Waals surface area contributed by atoms with Crippen molar-refractivity contribution in [1.29, 1.82) is 0 Å². The van der Waals surface area contributed by atoms with Gasteiger partial charge in [-0.25, -0.2) is 15.0 Å². The number of Topliss-reactive ketones (excluding diaryl/α,β-unsaturated/α-hetero) is 1. The smallest absolute Gasteiger partial charge is 0.325 e. The van der Waals surface area contributed by atoms with Crippen LogP contribution in [-0.4, -0.2) is 85.5 Å². The number of anilines is 1. The summed E-state index contributed by atoms with van der Waals surface area (Å²) in [5.41, 5.74) is 2.85. The van der Waals surface area contributed by atoms with E-state index in [1.54, 1.807) is 36.4 Å². The molecule has 2 aliphatic heterocycles. The molecule has 1 aliphatic carbocycles. The Labute approximate surface area is 308 Å². The summed E-state index contributed by atoms with van der Waals surface area (Å²) in [5.74, 6) is -0.843. The predicted molar refractivity (Wildman–Crippen MR) is 187 cm³/mol. The maximum atomic E-state index is 14.1. The van der Waals surface area contributed by atoms with E-state index in [0.717, 1.165) is 22.1 Å². The lowest BCUT2D eigenvalue weighted by atomic mass is 10.0. The van der Waals surface area contributed by atoms with E-state index in [9.17, 15) is 27.6 Å². The van der Waals surface area contributed by atoms with Crippen molar-refractivity contribution < 1.29 is 27.6 Å². The van der Waals surface area contributed by atoms with Gasteiger partial charge in [-0.05, 0) is 64.9 Å². The average molecular weight is 793 g/mol. The normalized spacial score (nSPS) is 21.1. The van der Waals surface area contributed by atoms with E-state index in [0.29, 0.717) is 39.9 Å². The lowest BCUT2D eigenvalue weighted by Crippen LogP contribution is -2.47. The lowest BCUT2D eigenvalue weighted by Gasteiger charge is -2.29. The van der Waals surface area contributed by atoms with Crippen molar-refractivity contribution >= 4 is 50.2 Å². The molecule has 5 aromatic rings. The minimum atomic E-state index is -4.60. The molecule has 18 heteroatoms. The van der Waals surface area contributed by atoms with Gasteiger partial charge in [0.1, 0.15) is 40.4 Å². The van der Waals surface area contributed by atoms with Gasteiger partial charge >= 0.3 is 6.18 Å². The molecule has 3 atom stereocenters. The molecule has 1 aromatic carbocycles. The van der Waals surface area contributed by atoms with Gasteiger partial charge in [0.15, 0.2) is 5.78 Å². The summed E-state index contributed by atoms with van der Waals surface area (Å²) < 4.78 is 43.2. The number of piperidine rings is 1. The molecule has 0 bridgehead atoms. The first kappa shape index (κ1) is 35.0. The number of hydrogen-bond acceptors (Lipinski definition) is 10. The third-order valence-electron chi connectivity index (χ3n) is 10.4. The Bertz CT molecular complexity index is 2310. The van der Waals surface area contributed by atoms with Crippen molar-refractivity contribution in [2.45, 2.75) is 78.1 Å². The van der Waals surface area contributed by atoms with E-state index in [2.05, 4.69) is 58.4 Å². The maximum absolute atomic E-state index is 14.1. The summed E-state index contributed by atoms with van der Waals surface area (Å²) in [6.07, 6.45) is 0.0424. The van der Waals surface area contributed by atoms with Gasteiger partial charge in [0, 0.05) is 61.5 Å². The molecule has 2 amide bonds. The molecular weight excluding hydrogens is 759 g/mol. The summed E-state index contributed by atoms with van der Waals surface area (Å²) in [5, 5.41) is 15.2. The first-order valence-electron chi connectivity index (χ1n) is 17.0. The van der Waals surface area contributed by atoms with Crippen molar-refractivity contribution in [3.63, 3.8) is 0 Å². The number of carbonyl (C=O) groups is 3. The van der Waals surface area contributed by atoms with Crippen molar-refractivity contribution in [2.24, 2.45) is 5.41 Å². The number of benzene rings is 1. The Morgan fingerprint density at radius 1 is 1.04 bits per heavy atom. The summed E-state index contributed by atoms with van der Waals surface area (Å²) >= 11 is 3.38. The second-order valence-electron chi connectivity index (χ2n) is 14.1. The molecule has 1 saturated heterocycles. The number of alkyl halides is 3. The molecule has 14 nitrogen and oxygen atoms in total. The van der Waals surface area contributed by atoms with Gasteiger partial charge in [0.25, 0.3) is 0 Å². The fourth-order valence-corrected chi connectivity index (χ4v) is 7.85. The number of aromatic nitrogens is 8. The quantitative estimate of drug-likeness (QED) is 0.171.